The standard InChI is InChI=1S/C17H18N2O3S/c20-17(19-16-8-9-23(21,22)12-16)14-6-7-15(18-11-14)10-13-4-2-1-3-5-13/h1-7,11,16H,8-10,12H2,(H,19,20). The molecule has 1 atom stereocenters. The van der Waals surface area contributed by atoms with Gasteiger partial charge in [0, 0.05) is 24.4 Å². The summed E-state index contributed by atoms with van der Waals surface area (Å²) in [5, 5.41) is 2.76. The van der Waals surface area contributed by atoms with Crippen LogP contribution in [0.2, 0.25) is 0 Å². The molecular formula is C17H18N2O3S. The lowest BCUT2D eigenvalue weighted by Gasteiger charge is -2.10. The van der Waals surface area contributed by atoms with E-state index < -0.39 is 9.84 Å². The molecular weight excluding hydrogens is 312 g/mol. The molecule has 23 heavy (non-hydrogen) atoms. The lowest BCUT2D eigenvalue weighted by Crippen LogP contribution is -2.35. The van der Waals surface area contributed by atoms with Crippen LogP contribution in [-0.2, 0) is 16.3 Å². The minimum absolute atomic E-state index is 0.0261. The molecule has 6 heteroatoms. The molecule has 1 N–H and O–H groups in total. The van der Waals surface area contributed by atoms with Crippen LogP contribution in [0.5, 0.6) is 0 Å². The number of rotatable bonds is 4. The Balaban J connectivity index is 1.62. The molecule has 0 bridgehead atoms. The van der Waals surface area contributed by atoms with E-state index in [-0.39, 0.29) is 23.5 Å². The smallest absolute Gasteiger partial charge is 0.253 e. The first-order chi connectivity index (χ1) is 11.0. The summed E-state index contributed by atoms with van der Waals surface area (Å²) in [6.45, 7) is 0. The Morgan fingerprint density at radius 2 is 1.96 bits per heavy atom. The molecule has 5 nitrogen and oxygen atoms in total. The van der Waals surface area contributed by atoms with Crippen LogP contribution < -0.4 is 5.32 Å². The summed E-state index contributed by atoms with van der Waals surface area (Å²) >= 11 is 0. The SMILES string of the molecule is O=C(NC1CCS(=O)(=O)C1)c1ccc(Cc2ccccc2)nc1. The first-order valence-electron chi connectivity index (χ1n) is 7.52. The van der Waals surface area contributed by atoms with E-state index in [0.29, 0.717) is 18.4 Å². The minimum atomic E-state index is -2.99. The lowest BCUT2D eigenvalue weighted by molar-refractivity contribution is 0.0941. The van der Waals surface area contributed by atoms with Crippen LogP contribution in [0.4, 0.5) is 0 Å². The quantitative estimate of drug-likeness (QED) is 0.923. The Kier molecular flexibility index (Phi) is 4.43. The number of aromatic nitrogens is 1. The van der Waals surface area contributed by atoms with Crippen LogP contribution in [0.25, 0.3) is 0 Å². The third kappa shape index (κ3) is 4.16. The third-order valence-electron chi connectivity index (χ3n) is 3.88. The fraction of sp³-hybridized carbons (Fsp3) is 0.294. The molecule has 0 aliphatic carbocycles. The van der Waals surface area contributed by atoms with Crippen LogP contribution in [0, 0.1) is 0 Å². The highest BCUT2D eigenvalue weighted by Gasteiger charge is 2.29. The Hall–Kier alpha value is -2.21. The highest BCUT2D eigenvalue weighted by Crippen LogP contribution is 2.13. The van der Waals surface area contributed by atoms with Gasteiger partial charge in [-0.05, 0) is 24.1 Å². The number of sulfone groups is 1. The zero-order valence-corrected chi connectivity index (χ0v) is 13.4. The Bertz CT molecular complexity index is 786. The van der Waals surface area contributed by atoms with Crippen molar-refractivity contribution in [3.05, 3.63) is 65.5 Å². The van der Waals surface area contributed by atoms with E-state index in [1.165, 1.54) is 6.20 Å². The second-order valence-electron chi connectivity index (χ2n) is 5.77. The maximum atomic E-state index is 12.1. The maximum Gasteiger partial charge on any atom is 0.253 e. The van der Waals surface area contributed by atoms with Gasteiger partial charge in [0.25, 0.3) is 5.91 Å². The van der Waals surface area contributed by atoms with Gasteiger partial charge in [-0.2, -0.15) is 0 Å². The zero-order chi connectivity index (χ0) is 16.3. The predicted octanol–water partition coefficient (Wildman–Crippen LogP) is 1.59. The van der Waals surface area contributed by atoms with Gasteiger partial charge in [0.05, 0.1) is 17.1 Å². The molecule has 2 aromatic rings. The second-order valence-corrected chi connectivity index (χ2v) is 8.00. The van der Waals surface area contributed by atoms with Crippen molar-refractivity contribution >= 4 is 15.7 Å². The number of nitrogens with one attached hydrogen (secondary N) is 1. The normalized spacial score (nSPS) is 19.4. The second kappa shape index (κ2) is 6.50. The van der Waals surface area contributed by atoms with E-state index in [1.54, 1.807) is 6.07 Å². The predicted molar refractivity (Wildman–Crippen MR) is 88.0 cm³/mol. The highest BCUT2D eigenvalue weighted by molar-refractivity contribution is 7.91. The Labute approximate surface area is 135 Å². The molecule has 1 amide bonds. The Morgan fingerprint density at radius 3 is 2.57 bits per heavy atom. The largest absolute Gasteiger partial charge is 0.348 e. The lowest BCUT2D eigenvalue weighted by atomic mass is 10.1. The van der Waals surface area contributed by atoms with E-state index in [2.05, 4.69) is 10.3 Å². The first-order valence-corrected chi connectivity index (χ1v) is 9.34. The van der Waals surface area contributed by atoms with Gasteiger partial charge in [0.15, 0.2) is 9.84 Å². The summed E-state index contributed by atoms with van der Waals surface area (Å²) in [5.74, 6) is -0.101. The molecule has 1 fully saturated rings. The van der Waals surface area contributed by atoms with Gasteiger partial charge in [0.2, 0.25) is 0 Å². The highest BCUT2D eigenvalue weighted by atomic mass is 32.2. The number of amides is 1. The van der Waals surface area contributed by atoms with Gasteiger partial charge >= 0.3 is 0 Å². The fourth-order valence-corrected chi connectivity index (χ4v) is 4.32. The summed E-state index contributed by atoms with van der Waals surface area (Å²) in [6, 6.07) is 13.2. The van der Waals surface area contributed by atoms with Crippen molar-refractivity contribution in [2.75, 3.05) is 11.5 Å². The van der Waals surface area contributed by atoms with Gasteiger partial charge in [-0.15, -0.1) is 0 Å². The average Bonchev–Trinajstić information content (AvgIpc) is 2.88. The fourth-order valence-electron chi connectivity index (χ4n) is 2.65. The van der Waals surface area contributed by atoms with Crippen molar-refractivity contribution in [1.29, 1.82) is 0 Å². The number of benzene rings is 1. The van der Waals surface area contributed by atoms with Gasteiger partial charge < -0.3 is 5.32 Å². The number of hydrogen-bond acceptors (Lipinski definition) is 4. The molecule has 0 saturated carbocycles. The molecule has 2 heterocycles. The molecule has 1 saturated heterocycles. The maximum absolute atomic E-state index is 12.1. The molecule has 1 aliphatic heterocycles. The number of carbonyl (C=O) groups is 1. The molecule has 1 aliphatic rings. The number of hydrogen-bond donors (Lipinski definition) is 1. The topological polar surface area (TPSA) is 76.1 Å². The van der Waals surface area contributed by atoms with Crippen LogP contribution in [-0.4, -0.2) is 36.9 Å². The van der Waals surface area contributed by atoms with E-state index in [1.807, 2.05) is 36.4 Å². The van der Waals surface area contributed by atoms with Crippen LogP contribution in [0.15, 0.2) is 48.7 Å². The van der Waals surface area contributed by atoms with Gasteiger partial charge in [0.1, 0.15) is 0 Å². The van der Waals surface area contributed by atoms with Crippen LogP contribution in [0.1, 0.15) is 28.0 Å². The average molecular weight is 330 g/mol. The number of nitrogens with zero attached hydrogens (tertiary/aromatic N) is 1. The summed E-state index contributed by atoms with van der Waals surface area (Å²) in [5.41, 5.74) is 2.50. The van der Waals surface area contributed by atoms with E-state index in [0.717, 1.165) is 11.3 Å². The van der Waals surface area contributed by atoms with Crippen LogP contribution >= 0.6 is 0 Å². The van der Waals surface area contributed by atoms with E-state index in [4.69, 9.17) is 0 Å². The monoisotopic (exact) mass is 330 g/mol. The van der Waals surface area contributed by atoms with Gasteiger partial charge in [-0.1, -0.05) is 30.3 Å². The molecule has 0 radical (unpaired) electrons. The molecule has 1 unspecified atom stereocenters. The molecule has 3 rings (SSSR count). The minimum Gasteiger partial charge on any atom is -0.348 e. The molecule has 120 valence electrons. The van der Waals surface area contributed by atoms with E-state index >= 15 is 0 Å². The molecule has 0 spiro atoms. The van der Waals surface area contributed by atoms with Crippen molar-refractivity contribution in [2.24, 2.45) is 0 Å². The zero-order valence-electron chi connectivity index (χ0n) is 12.6. The molecule has 1 aromatic carbocycles. The van der Waals surface area contributed by atoms with Gasteiger partial charge in [-0.25, -0.2) is 8.42 Å². The summed E-state index contributed by atoms with van der Waals surface area (Å²) in [7, 11) is -2.99. The van der Waals surface area contributed by atoms with Crippen molar-refractivity contribution in [3.63, 3.8) is 0 Å². The van der Waals surface area contributed by atoms with Gasteiger partial charge in [-0.3, -0.25) is 9.78 Å². The summed E-state index contributed by atoms with van der Waals surface area (Å²) in [6.07, 6.45) is 2.73. The third-order valence-corrected chi connectivity index (χ3v) is 5.65. The van der Waals surface area contributed by atoms with E-state index in [9.17, 15) is 13.2 Å². The van der Waals surface area contributed by atoms with Crippen molar-refractivity contribution in [3.8, 4) is 0 Å². The first kappa shape index (κ1) is 15.7. The summed E-state index contributed by atoms with van der Waals surface area (Å²) < 4.78 is 22.8. The molecule has 1 aromatic heterocycles. The van der Waals surface area contributed by atoms with Crippen molar-refractivity contribution < 1.29 is 13.2 Å². The van der Waals surface area contributed by atoms with Crippen molar-refractivity contribution in [2.45, 2.75) is 18.9 Å². The van der Waals surface area contributed by atoms with Crippen molar-refractivity contribution in [1.82, 2.24) is 10.3 Å². The van der Waals surface area contributed by atoms with Crippen LogP contribution in [0.3, 0.4) is 0 Å². The Morgan fingerprint density at radius 1 is 1.17 bits per heavy atom. The number of carbonyl (C=O) groups excluding carboxylic acids is 1. The number of pyridine rings is 1. The summed E-state index contributed by atoms with van der Waals surface area (Å²) in [4.78, 5) is 16.5.